The van der Waals surface area contributed by atoms with Crippen molar-refractivity contribution in [2.75, 3.05) is 17.7 Å². The van der Waals surface area contributed by atoms with Gasteiger partial charge in [-0.05, 0) is 31.4 Å². The number of anilines is 3. The molecule has 1 aromatic carbocycles. The van der Waals surface area contributed by atoms with Crippen LogP contribution in [-0.2, 0) is 12.8 Å². The third-order valence-electron chi connectivity index (χ3n) is 5.09. The van der Waals surface area contributed by atoms with Crippen LogP contribution in [0, 0.1) is 0 Å². The Morgan fingerprint density at radius 2 is 2.30 bits per heavy atom. The Balaban J connectivity index is 1.74. The molecule has 1 amide bonds. The summed E-state index contributed by atoms with van der Waals surface area (Å²) in [7, 11) is 0. The summed E-state index contributed by atoms with van der Waals surface area (Å²) in [5, 5.41) is 21.6. The number of benzene rings is 1. The number of carboxylic acid groups (broad SMARTS) is 1. The van der Waals surface area contributed by atoms with E-state index in [1.807, 2.05) is 13.0 Å². The summed E-state index contributed by atoms with van der Waals surface area (Å²) in [4.78, 5) is 21.9. The van der Waals surface area contributed by atoms with Crippen LogP contribution in [0.3, 0.4) is 0 Å². The van der Waals surface area contributed by atoms with Gasteiger partial charge in [0.2, 0.25) is 0 Å². The van der Waals surface area contributed by atoms with Gasteiger partial charge in [0.05, 0.1) is 23.2 Å². The number of hydrogen-bond acceptors (Lipinski definition) is 7. The number of aromatic nitrogens is 2. The highest BCUT2D eigenvalue weighted by Crippen LogP contribution is 2.40. The Morgan fingerprint density at radius 1 is 1.47 bits per heavy atom. The van der Waals surface area contributed by atoms with E-state index in [-0.39, 0.29) is 6.04 Å². The van der Waals surface area contributed by atoms with Gasteiger partial charge in [0.25, 0.3) is 0 Å². The fourth-order valence-electron chi connectivity index (χ4n) is 3.76. The Kier molecular flexibility index (Phi) is 5.40. The van der Waals surface area contributed by atoms with Gasteiger partial charge in [-0.2, -0.15) is 0 Å². The van der Waals surface area contributed by atoms with Crippen molar-refractivity contribution in [2.24, 2.45) is 0 Å². The van der Waals surface area contributed by atoms with Crippen molar-refractivity contribution in [3.05, 3.63) is 34.5 Å². The van der Waals surface area contributed by atoms with Crippen molar-refractivity contribution in [2.45, 2.75) is 32.2 Å². The van der Waals surface area contributed by atoms with E-state index in [9.17, 15) is 4.79 Å². The second-order valence-electron chi connectivity index (χ2n) is 7.00. The van der Waals surface area contributed by atoms with E-state index in [0.717, 1.165) is 27.9 Å². The maximum Gasteiger partial charge on any atom is 0.404 e. The zero-order valence-corrected chi connectivity index (χ0v) is 17.3. The highest BCUT2D eigenvalue weighted by atomic mass is 32.1. The lowest BCUT2D eigenvalue weighted by molar-refractivity contribution is -0.104. The SMILES string of the molecule is CCOc1cc(N)c(C=[NH2+])cc1Nc1ncnc2sc3c(c12)CCC(NC(=O)O)C3. The first-order chi connectivity index (χ1) is 14.5. The molecule has 0 bridgehead atoms. The van der Waals surface area contributed by atoms with Crippen molar-refractivity contribution in [3.63, 3.8) is 0 Å². The first-order valence-corrected chi connectivity index (χ1v) is 10.4. The molecular formula is C20H23N6O3S+. The van der Waals surface area contributed by atoms with Crippen LogP contribution in [0.4, 0.5) is 22.0 Å². The zero-order chi connectivity index (χ0) is 21.3. The Labute approximate surface area is 176 Å². The van der Waals surface area contributed by atoms with Gasteiger partial charge >= 0.3 is 6.09 Å². The van der Waals surface area contributed by atoms with E-state index in [0.29, 0.717) is 41.5 Å². The van der Waals surface area contributed by atoms with Crippen LogP contribution in [0.5, 0.6) is 5.75 Å². The van der Waals surface area contributed by atoms with E-state index in [1.165, 1.54) is 18.1 Å². The first-order valence-electron chi connectivity index (χ1n) is 9.63. The van der Waals surface area contributed by atoms with E-state index in [4.69, 9.17) is 21.0 Å². The molecule has 0 spiro atoms. The van der Waals surface area contributed by atoms with E-state index in [2.05, 4.69) is 20.6 Å². The molecule has 1 unspecified atom stereocenters. The molecule has 0 aliphatic heterocycles. The zero-order valence-electron chi connectivity index (χ0n) is 16.4. The Hall–Kier alpha value is -3.40. The van der Waals surface area contributed by atoms with Crippen LogP contribution in [0.2, 0.25) is 0 Å². The van der Waals surface area contributed by atoms with Crippen molar-refractivity contribution >= 4 is 51.1 Å². The van der Waals surface area contributed by atoms with Crippen LogP contribution in [0.1, 0.15) is 29.3 Å². The summed E-state index contributed by atoms with van der Waals surface area (Å²) in [5.74, 6) is 1.29. The van der Waals surface area contributed by atoms with Crippen LogP contribution in [0.25, 0.3) is 10.2 Å². The van der Waals surface area contributed by atoms with Crippen molar-refractivity contribution in [1.82, 2.24) is 15.3 Å². The highest BCUT2D eigenvalue weighted by Gasteiger charge is 2.26. The lowest BCUT2D eigenvalue weighted by Crippen LogP contribution is -2.37. The molecule has 4 rings (SSSR count). The second-order valence-corrected chi connectivity index (χ2v) is 8.08. The third kappa shape index (κ3) is 3.73. The number of nitrogens with zero attached hydrogens (tertiary/aromatic N) is 2. The number of nitrogens with one attached hydrogen (secondary N) is 2. The van der Waals surface area contributed by atoms with Gasteiger partial charge in [-0.25, -0.2) is 14.8 Å². The molecule has 156 valence electrons. The number of carbonyl (C=O) groups is 1. The van der Waals surface area contributed by atoms with Crippen LogP contribution in [0.15, 0.2) is 18.5 Å². The molecule has 9 nitrogen and oxygen atoms in total. The molecule has 0 fully saturated rings. The molecule has 0 saturated heterocycles. The van der Waals surface area contributed by atoms with Crippen LogP contribution in [-0.4, -0.2) is 40.0 Å². The average Bonchev–Trinajstić information content (AvgIpc) is 3.08. The summed E-state index contributed by atoms with van der Waals surface area (Å²) in [5.41, 5.74) is 9.15. The number of thiophene rings is 1. The number of nitrogens with two attached hydrogens (primary N) is 2. The third-order valence-corrected chi connectivity index (χ3v) is 6.25. The molecule has 3 aromatic rings. The minimum absolute atomic E-state index is 0.0864. The van der Waals surface area contributed by atoms with Crippen molar-refractivity contribution in [1.29, 1.82) is 0 Å². The molecule has 10 heteroatoms. The predicted molar refractivity (Wildman–Crippen MR) is 117 cm³/mol. The number of nitrogen functional groups attached to an aromatic ring is 1. The maximum atomic E-state index is 11.0. The minimum Gasteiger partial charge on any atom is -0.492 e. The normalized spacial score (nSPS) is 15.4. The van der Waals surface area contributed by atoms with E-state index >= 15 is 0 Å². The van der Waals surface area contributed by atoms with Gasteiger partial charge in [-0.1, -0.05) is 0 Å². The van der Waals surface area contributed by atoms with Gasteiger partial charge in [0.1, 0.15) is 22.7 Å². The Morgan fingerprint density at radius 3 is 3.03 bits per heavy atom. The topological polar surface area (TPSA) is 148 Å². The fraction of sp³-hybridized carbons (Fsp3) is 0.300. The largest absolute Gasteiger partial charge is 0.492 e. The smallest absolute Gasteiger partial charge is 0.404 e. The first kappa shape index (κ1) is 19.9. The molecule has 1 aliphatic rings. The van der Waals surface area contributed by atoms with Gasteiger partial charge in [-0.3, -0.25) is 5.41 Å². The van der Waals surface area contributed by atoms with Crippen molar-refractivity contribution in [3.8, 4) is 5.75 Å². The van der Waals surface area contributed by atoms with Crippen LogP contribution < -0.4 is 26.5 Å². The number of rotatable bonds is 6. The molecule has 0 saturated carbocycles. The fourth-order valence-corrected chi connectivity index (χ4v) is 5.03. The summed E-state index contributed by atoms with van der Waals surface area (Å²) >= 11 is 1.58. The van der Waals surface area contributed by atoms with Crippen LogP contribution >= 0.6 is 11.3 Å². The average molecular weight is 428 g/mol. The quantitative estimate of drug-likeness (QED) is 0.297. The number of fused-ring (bicyclic) bond motifs is 3. The summed E-state index contributed by atoms with van der Waals surface area (Å²) in [6.07, 6.45) is 4.12. The highest BCUT2D eigenvalue weighted by molar-refractivity contribution is 7.19. The lowest BCUT2D eigenvalue weighted by Gasteiger charge is -2.22. The van der Waals surface area contributed by atoms with E-state index < -0.39 is 6.09 Å². The van der Waals surface area contributed by atoms with Gasteiger partial charge < -0.3 is 26.2 Å². The summed E-state index contributed by atoms with van der Waals surface area (Å²) in [6, 6.07) is 3.49. The van der Waals surface area contributed by atoms with Gasteiger partial charge in [0.15, 0.2) is 6.21 Å². The molecule has 30 heavy (non-hydrogen) atoms. The predicted octanol–water partition coefficient (Wildman–Crippen LogP) is 1.72. The number of amides is 1. The van der Waals surface area contributed by atoms with Crippen molar-refractivity contribution < 1.29 is 20.0 Å². The lowest BCUT2D eigenvalue weighted by atomic mass is 9.93. The second kappa shape index (κ2) is 8.15. The minimum atomic E-state index is -0.994. The monoisotopic (exact) mass is 427 g/mol. The number of hydrogen-bond donors (Lipinski definition) is 5. The summed E-state index contributed by atoms with van der Waals surface area (Å²) in [6.45, 7) is 2.40. The van der Waals surface area contributed by atoms with Gasteiger partial charge in [-0.15, -0.1) is 11.3 Å². The molecule has 1 aliphatic carbocycles. The van der Waals surface area contributed by atoms with Gasteiger partial charge in [0, 0.05) is 29.1 Å². The number of ether oxygens (including phenoxy) is 1. The Bertz CT molecular complexity index is 1130. The molecular weight excluding hydrogens is 404 g/mol. The summed E-state index contributed by atoms with van der Waals surface area (Å²) < 4.78 is 5.74. The molecule has 1 atom stereocenters. The maximum absolute atomic E-state index is 11.0. The molecule has 7 N–H and O–H groups in total. The van der Waals surface area contributed by atoms with E-state index in [1.54, 1.807) is 17.4 Å². The number of aryl methyl sites for hydroxylation is 1. The molecule has 0 radical (unpaired) electrons. The molecule has 2 heterocycles. The molecule has 2 aromatic heterocycles. The standard InChI is InChI=1S/C20H22N6O3S/c1-2-29-15-7-13(22)10(8-21)5-14(15)26-18-17-12-4-3-11(25-20(27)28)6-16(12)30-19(17)24-9-23-18/h5,7-9,11,21,25H,2-4,6,22H2,1H3,(H,27,28)(H,23,24,26)/p+1.